The number of H-pyrrole nitrogens is 1. The summed E-state index contributed by atoms with van der Waals surface area (Å²) in [6.07, 6.45) is 3.27. The topological polar surface area (TPSA) is 116 Å². The van der Waals surface area contributed by atoms with Crippen molar-refractivity contribution >= 4 is 17.0 Å². The fourth-order valence-corrected chi connectivity index (χ4v) is 3.74. The van der Waals surface area contributed by atoms with E-state index >= 15 is 0 Å². The van der Waals surface area contributed by atoms with E-state index < -0.39 is 16.9 Å². The van der Waals surface area contributed by atoms with Gasteiger partial charge in [0, 0.05) is 11.8 Å². The highest BCUT2D eigenvalue weighted by molar-refractivity contribution is 5.89. The van der Waals surface area contributed by atoms with E-state index in [0.29, 0.717) is 22.3 Å². The number of halogens is 1. The summed E-state index contributed by atoms with van der Waals surface area (Å²) < 4.78 is 20.9. The van der Waals surface area contributed by atoms with E-state index in [1.54, 1.807) is 50.4 Å². The Kier molecular flexibility index (Phi) is 6.31. The van der Waals surface area contributed by atoms with E-state index in [1.807, 2.05) is 0 Å². The van der Waals surface area contributed by atoms with Crippen LogP contribution in [0, 0.1) is 5.82 Å². The lowest BCUT2D eigenvalue weighted by atomic mass is 9.83. The molecule has 0 saturated heterocycles. The van der Waals surface area contributed by atoms with Crippen molar-refractivity contribution in [1.29, 1.82) is 0 Å². The highest BCUT2D eigenvalue weighted by Gasteiger charge is 2.40. The van der Waals surface area contributed by atoms with Crippen LogP contribution in [0.4, 0.5) is 4.39 Å². The molecular formula is C24H23FN6O3. The summed E-state index contributed by atoms with van der Waals surface area (Å²) in [5, 5.41) is 13.4. The van der Waals surface area contributed by atoms with Crippen molar-refractivity contribution in [2.75, 3.05) is 6.61 Å². The minimum atomic E-state index is -1.34. The maximum atomic E-state index is 14.2. The molecule has 0 amide bonds. The number of carbonyl (C=O) groups is 1. The molecule has 3 heterocycles. The standard InChI is InChI=1S/C24H23FN6O3/c1-4-12-24(3,23(33)34-5-2)19-22(32)27-20(29-28-19)18-16-10-8-13-26-21(16)31(30-18)14-15-9-6-7-11-17(15)25/h4,6-11,13H,1,5,12,14H2,2-3H3,(H,27,29,32). The minimum absolute atomic E-state index is 0.0807. The van der Waals surface area contributed by atoms with E-state index in [4.69, 9.17) is 4.74 Å². The Bertz CT molecular complexity index is 1430. The first-order valence-corrected chi connectivity index (χ1v) is 10.7. The van der Waals surface area contributed by atoms with Crippen LogP contribution in [0.5, 0.6) is 0 Å². The van der Waals surface area contributed by atoms with Gasteiger partial charge in [0.25, 0.3) is 5.56 Å². The van der Waals surface area contributed by atoms with Crippen molar-refractivity contribution in [3.8, 4) is 11.5 Å². The second-order valence-corrected chi connectivity index (χ2v) is 7.87. The van der Waals surface area contributed by atoms with Gasteiger partial charge in [-0.15, -0.1) is 16.8 Å². The zero-order chi connectivity index (χ0) is 24.3. The molecule has 34 heavy (non-hydrogen) atoms. The Balaban J connectivity index is 1.79. The van der Waals surface area contributed by atoms with Gasteiger partial charge in [-0.05, 0) is 38.5 Å². The number of allylic oxidation sites excluding steroid dienone is 1. The second kappa shape index (κ2) is 9.34. The van der Waals surface area contributed by atoms with E-state index in [1.165, 1.54) is 16.8 Å². The molecule has 1 aromatic carbocycles. The number of rotatable bonds is 8. The van der Waals surface area contributed by atoms with Gasteiger partial charge in [-0.3, -0.25) is 9.59 Å². The monoisotopic (exact) mass is 462 g/mol. The average molecular weight is 462 g/mol. The molecule has 0 aliphatic carbocycles. The molecule has 0 fully saturated rings. The number of aromatic amines is 1. The van der Waals surface area contributed by atoms with Crippen molar-refractivity contribution in [2.45, 2.75) is 32.2 Å². The molecule has 0 bridgehead atoms. The number of hydrogen-bond donors (Lipinski definition) is 1. The molecule has 1 N–H and O–H groups in total. The number of nitrogens with one attached hydrogen (secondary N) is 1. The molecule has 4 rings (SSSR count). The highest BCUT2D eigenvalue weighted by atomic mass is 19.1. The Hall–Kier alpha value is -4.21. The Labute approximate surface area is 194 Å². The molecule has 10 heteroatoms. The molecule has 0 saturated carbocycles. The number of benzene rings is 1. The summed E-state index contributed by atoms with van der Waals surface area (Å²) in [5.74, 6) is -0.850. The van der Waals surface area contributed by atoms with Crippen LogP contribution in [0.15, 0.2) is 60.0 Å². The van der Waals surface area contributed by atoms with Crippen LogP contribution in [-0.2, 0) is 21.5 Å². The number of ether oxygens (including phenoxy) is 1. The number of carbonyl (C=O) groups excluding carboxylic acids is 1. The predicted octanol–water partition coefficient (Wildman–Crippen LogP) is 3.16. The van der Waals surface area contributed by atoms with E-state index in [0.717, 1.165) is 0 Å². The number of pyridine rings is 1. The Morgan fingerprint density at radius 3 is 2.76 bits per heavy atom. The summed E-state index contributed by atoms with van der Waals surface area (Å²) in [6, 6.07) is 9.89. The van der Waals surface area contributed by atoms with Crippen molar-refractivity contribution in [3.63, 3.8) is 0 Å². The van der Waals surface area contributed by atoms with Crippen LogP contribution in [0.25, 0.3) is 22.6 Å². The van der Waals surface area contributed by atoms with Crippen LogP contribution >= 0.6 is 0 Å². The minimum Gasteiger partial charge on any atom is -0.465 e. The average Bonchev–Trinajstić information content (AvgIpc) is 3.19. The lowest BCUT2D eigenvalue weighted by Gasteiger charge is -2.23. The number of nitrogens with zero attached hydrogens (tertiary/aromatic N) is 5. The van der Waals surface area contributed by atoms with E-state index in [-0.39, 0.29) is 36.9 Å². The van der Waals surface area contributed by atoms with Crippen LogP contribution in [0.2, 0.25) is 0 Å². The van der Waals surface area contributed by atoms with Gasteiger partial charge in [-0.25, -0.2) is 14.1 Å². The fraction of sp³-hybridized carbons (Fsp3) is 0.250. The SMILES string of the molecule is C=CCC(C)(C(=O)OCC)c1nnc(-c2nn(Cc3ccccc3F)c3ncccc23)[nH]c1=O. The van der Waals surface area contributed by atoms with Gasteiger partial charge in [-0.1, -0.05) is 24.3 Å². The van der Waals surface area contributed by atoms with Gasteiger partial charge < -0.3 is 9.72 Å². The normalized spacial score (nSPS) is 12.9. The van der Waals surface area contributed by atoms with Crippen molar-refractivity contribution in [2.24, 2.45) is 0 Å². The number of hydrogen-bond acceptors (Lipinski definition) is 7. The molecule has 1 unspecified atom stereocenters. The lowest BCUT2D eigenvalue weighted by molar-refractivity contribution is -0.149. The molecule has 1 atom stereocenters. The van der Waals surface area contributed by atoms with Gasteiger partial charge in [-0.2, -0.15) is 5.10 Å². The maximum absolute atomic E-state index is 14.2. The predicted molar refractivity (Wildman–Crippen MR) is 123 cm³/mol. The van der Waals surface area contributed by atoms with Crippen molar-refractivity contribution < 1.29 is 13.9 Å². The molecule has 174 valence electrons. The molecule has 0 aliphatic heterocycles. The number of aromatic nitrogens is 6. The van der Waals surface area contributed by atoms with E-state index in [2.05, 4.69) is 31.8 Å². The molecule has 9 nitrogen and oxygen atoms in total. The van der Waals surface area contributed by atoms with Gasteiger partial charge in [0.05, 0.1) is 18.5 Å². The zero-order valence-electron chi connectivity index (χ0n) is 18.8. The Morgan fingerprint density at radius 2 is 2.06 bits per heavy atom. The number of esters is 1. The molecule has 0 spiro atoms. The second-order valence-electron chi connectivity index (χ2n) is 7.87. The van der Waals surface area contributed by atoms with Crippen molar-refractivity contribution in [1.82, 2.24) is 29.9 Å². The summed E-state index contributed by atoms with van der Waals surface area (Å²) in [5.41, 5.74) is -0.753. The first kappa shape index (κ1) is 23.0. The molecule has 4 aromatic rings. The van der Waals surface area contributed by atoms with Gasteiger partial charge >= 0.3 is 5.97 Å². The highest BCUT2D eigenvalue weighted by Crippen LogP contribution is 2.28. The fourth-order valence-electron chi connectivity index (χ4n) is 3.74. The third-order valence-electron chi connectivity index (χ3n) is 5.51. The number of fused-ring (bicyclic) bond motifs is 1. The van der Waals surface area contributed by atoms with Gasteiger partial charge in [0.15, 0.2) is 11.5 Å². The van der Waals surface area contributed by atoms with E-state index in [9.17, 15) is 14.0 Å². The van der Waals surface area contributed by atoms with Crippen molar-refractivity contribution in [3.05, 3.63) is 82.7 Å². The third-order valence-corrected chi connectivity index (χ3v) is 5.51. The Morgan fingerprint density at radius 1 is 1.26 bits per heavy atom. The first-order valence-electron chi connectivity index (χ1n) is 10.7. The van der Waals surface area contributed by atoms with Gasteiger partial charge in [0.1, 0.15) is 22.6 Å². The van der Waals surface area contributed by atoms with Crippen LogP contribution in [0.3, 0.4) is 0 Å². The third kappa shape index (κ3) is 4.09. The maximum Gasteiger partial charge on any atom is 0.318 e. The molecule has 3 aromatic heterocycles. The molecule has 0 radical (unpaired) electrons. The van der Waals surface area contributed by atoms with Crippen LogP contribution in [0.1, 0.15) is 31.5 Å². The first-order chi connectivity index (χ1) is 16.4. The quantitative estimate of drug-likeness (QED) is 0.316. The molecular weight excluding hydrogens is 439 g/mol. The van der Waals surface area contributed by atoms with Gasteiger partial charge in [0.2, 0.25) is 0 Å². The zero-order valence-corrected chi connectivity index (χ0v) is 18.8. The van der Waals surface area contributed by atoms with Crippen LogP contribution in [-0.4, -0.2) is 42.5 Å². The van der Waals surface area contributed by atoms with Crippen LogP contribution < -0.4 is 5.56 Å². The lowest BCUT2D eigenvalue weighted by Crippen LogP contribution is -2.40. The summed E-state index contributed by atoms with van der Waals surface area (Å²) >= 11 is 0. The summed E-state index contributed by atoms with van der Waals surface area (Å²) in [7, 11) is 0. The smallest absolute Gasteiger partial charge is 0.318 e. The summed E-state index contributed by atoms with van der Waals surface area (Å²) in [6.45, 7) is 7.21. The summed E-state index contributed by atoms with van der Waals surface area (Å²) in [4.78, 5) is 32.7. The molecule has 0 aliphatic rings. The largest absolute Gasteiger partial charge is 0.465 e.